The third kappa shape index (κ3) is 1.99. The molecule has 90 valence electrons. The zero-order chi connectivity index (χ0) is 12.1. The third-order valence-corrected chi connectivity index (χ3v) is 3.06. The van der Waals surface area contributed by atoms with E-state index in [1.54, 1.807) is 25.7 Å². The van der Waals surface area contributed by atoms with Gasteiger partial charge in [0, 0.05) is 12.6 Å². The molecule has 16 heavy (non-hydrogen) atoms. The summed E-state index contributed by atoms with van der Waals surface area (Å²) in [5.41, 5.74) is -0.525. The molecule has 0 bridgehead atoms. The van der Waals surface area contributed by atoms with E-state index in [1.807, 2.05) is 0 Å². The van der Waals surface area contributed by atoms with E-state index in [9.17, 15) is 9.59 Å². The number of rotatable bonds is 1. The zero-order valence-electron chi connectivity index (χ0n) is 9.77. The van der Waals surface area contributed by atoms with Crippen LogP contribution >= 0.6 is 0 Å². The van der Waals surface area contributed by atoms with E-state index in [2.05, 4.69) is 0 Å². The molecule has 0 unspecified atom stereocenters. The Bertz CT molecular complexity index is 333. The molecule has 0 spiro atoms. The van der Waals surface area contributed by atoms with Gasteiger partial charge in [0.25, 0.3) is 0 Å². The maximum atomic E-state index is 11.8. The first-order valence-electron chi connectivity index (χ1n) is 5.52. The Morgan fingerprint density at radius 2 is 2.00 bits per heavy atom. The number of fused-ring (bicyclic) bond motifs is 1. The highest BCUT2D eigenvalue weighted by Crippen LogP contribution is 2.48. The van der Waals surface area contributed by atoms with Crippen LogP contribution in [0.15, 0.2) is 0 Å². The van der Waals surface area contributed by atoms with Crippen LogP contribution in [0.3, 0.4) is 0 Å². The predicted molar refractivity (Wildman–Crippen MR) is 56.0 cm³/mol. The van der Waals surface area contributed by atoms with E-state index in [0.29, 0.717) is 6.54 Å². The van der Waals surface area contributed by atoms with E-state index < -0.39 is 17.5 Å². The number of hydrogen-bond donors (Lipinski definition) is 1. The van der Waals surface area contributed by atoms with Crippen molar-refractivity contribution in [3.05, 3.63) is 0 Å². The van der Waals surface area contributed by atoms with Crippen LogP contribution in [0.1, 0.15) is 27.2 Å². The van der Waals surface area contributed by atoms with Gasteiger partial charge in [-0.3, -0.25) is 4.79 Å². The van der Waals surface area contributed by atoms with Gasteiger partial charge in [0.15, 0.2) is 0 Å². The number of carboxylic acids is 1. The number of aliphatic carboxylic acids is 1. The Morgan fingerprint density at radius 3 is 2.44 bits per heavy atom. The fraction of sp³-hybridized carbons (Fsp3) is 0.818. The van der Waals surface area contributed by atoms with Gasteiger partial charge < -0.3 is 14.7 Å². The third-order valence-electron chi connectivity index (χ3n) is 3.06. The van der Waals surface area contributed by atoms with E-state index >= 15 is 0 Å². The SMILES string of the molecule is CC(C)(C)OC(=O)N1C[C@H](C(=O)O)[C@@H]2C[C@H]21. The summed E-state index contributed by atoms with van der Waals surface area (Å²) < 4.78 is 5.24. The van der Waals surface area contributed by atoms with Crippen molar-refractivity contribution in [2.75, 3.05) is 6.54 Å². The standard InChI is InChI=1S/C11H17NO4/c1-11(2,3)16-10(15)12-5-7(9(13)14)6-4-8(6)12/h6-8H,4-5H2,1-3H3,(H,13,14)/t6-,7-,8+/m0/s1. The summed E-state index contributed by atoms with van der Waals surface area (Å²) in [6.07, 6.45) is 0.416. The van der Waals surface area contributed by atoms with Gasteiger partial charge in [-0.05, 0) is 33.1 Å². The van der Waals surface area contributed by atoms with E-state index in [1.165, 1.54) is 0 Å². The molecular formula is C11H17NO4. The average molecular weight is 227 g/mol. The van der Waals surface area contributed by atoms with Crippen molar-refractivity contribution in [1.82, 2.24) is 4.90 Å². The Morgan fingerprint density at radius 1 is 1.38 bits per heavy atom. The van der Waals surface area contributed by atoms with Crippen LogP contribution in [0, 0.1) is 11.8 Å². The van der Waals surface area contributed by atoms with Gasteiger partial charge in [0.2, 0.25) is 0 Å². The molecule has 0 radical (unpaired) electrons. The molecule has 1 heterocycles. The van der Waals surface area contributed by atoms with E-state index in [0.717, 1.165) is 6.42 Å². The highest BCUT2D eigenvalue weighted by Gasteiger charge is 2.58. The zero-order valence-corrected chi connectivity index (χ0v) is 9.77. The van der Waals surface area contributed by atoms with Crippen molar-refractivity contribution < 1.29 is 19.4 Å². The normalized spacial score (nSPS) is 32.2. The molecular weight excluding hydrogens is 210 g/mol. The summed E-state index contributed by atoms with van der Waals surface area (Å²) in [4.78, 5) is 24.3. The number of carbonyl (C=O) groups is 2. The minimum atomic E-state index is -0.807. The molecule has 5 nitrogen and oxygen atoms in total. The molecule has 0 aromatic heterocycles. The lowest BCUT2D eigenvalue weighted by Crippen LogP contribution is -2.38. The van der Waals surface area contributed by atoms with Crippen LogP contribution in [0.5, 0.6) is 0 Å². The van der Waals surface area contributed by atoms with Crippen LogP contribution in [0.25, 0.3) is 0 Å². The van der Waals surface area contributed by atoms with Gasteiger partial charge >= 0.3 is 12.1 Å². The average Bonchev–Trinajstić information content (AvgIpc) is 2.76. The number of likely N-dealkylation sites (tertiary alicyclic amines) is 1. The van der Waals surface area contributed by atoms with Crippen LogP contribution in [-0.2, 0) is 9.53 Å². The van der Waals surface area contributed by atoms with E-state index in [4.69, 9.17) is 9.84 Å². The van der Waals surface area contributed by atoms with Gasteiger partial charge in [-0.15, -0.1) is 0 Å². The van der Waals surface area contributed by atoms with Crippen molar-refractivity contribution in [1.29, 1.82) is 0 Å². The number of nitrogens with zero attached hydrogens (tertiary/aromatic N) is 1. The number of ether oxygens (including phenoxy) is 1. The smallest absolute Gasteiger partial charge is 0.410 e. The van der Waals surface area contributed by atoms with Crippen LogP contribution < -0.4 is 0 Å². The summed E-state index contributed by atoms with van der Waals surface area (Å²) in [5.74, 6) is -1.07. The van der Waals surface area contributed by atoms with Crippen molar-refractivity contribution in [2.45, 2.75) is 38.8 Å². The minimum absolute atomic E-state index is 0.0935. The second kappa shape index (κ2) is 3.37. The molecule has 1 amide bonds. The molecule has 1 aliphatic carbocycles. The molecule has 1 N–H and O–H groups in total. The molecule has 2 rings (SSSR count). The first-order valence-corrected chi connectivity index (χ1v) is 5.52. The molecule has 1 saturated carbocycles. The van der Waals surface area contributed by atoms with Crippen LogP contribution in [-0.4, -0.2) is 40.3 Å². The van der Waals surface area contributed by atoms with Gasteiger partial charge in [0.05, 0.1) is 5.92 Å². The topological polar surface area (TPSA) is 66.8 Å². The van der Waals surface area contributed by atoms with Gasteiger partial charge in [-0.1, -0.05) is 0 Å². The Hall–Kier alpha value is -1.26. The van der Waals surface area contributed by atoms with Gasteiger partial charge in [-0.2, -0.15) is 0 Å². The monoisotopic (exact) mass is 227 g/mol. The Labute approximate surface area is 94.4 Å². The molecule has 0 aromatic carbocycles. The predicted octanol–water partition coefficient (Wildman–Crippen LogP) is 1.33. The lowest BCUT2D eigenvalue weighted by atomic mass is 10.1. The highest BCUT2D eigenvalue weighted by atomic mass is 16.6. The molecule has 1 saturated heterocycles. The summed E-state index contributed by atoms with van der Waals surface area (Å²) in [6.45, 7) is 5.71. The number of piperidine rings is 1. The summed E-state index contributed by atoms with van der Waals surface area (Å²) in [6, 6.07) is 0.0935. The fourth-order valence-electron chi connectivity index (χ4n) is 2.27. The van der Waals surface area contributed by atoms with Crippen LogP contribution in [0.2, 0.25) is 0 Å². The minimum Gasteiger partial charge on any atom is -0.481 e. The summed E-state index contributed by atoms with van der Waals surface area (Å²) in [7, 11) is 0. The van der Waals surface area contributed by atoms with E-state index in [-0.39, 0.29) is 18.1 Å². The first kappa shape index (κ1) is 11.2. The molecule has 0 aromatic rings. The molecule has 3 atom stereocenters. The largest absolute Gasteiger partial charge is 0.481 e. The maximum absolute atomic E-state index is 11.8. The van der Waals surface area contributed by atoms with Crippen molar-refractivity contribution in [2.24, 2.45) is 11.8 Å². The van der Waals surface area contributed by atoms with Crippen molar-refractivity contribution in [3.8, 4) is 0 Å². The van der Waals surface area contributed by atoms with Crippen molar-refractivity contribution >= 4 is 12.1 Å². The molecule has 2 fully saturated rings. The quantitative estimate of drug-likeness (QED) is 0.733. The number of hydrogen-bond acceptors (Lipinski definition) is 3. The van der Waals surface area contributed by atoms with Crippen LogP contribution in [0.4, 0.5) is 4.79 Å². The van der Waals surface area contributed by atoms with Gasteiger partial charge in [0.1, 0.15) is 5.60 Å². The second-order valence-electron chi connectivity index (χ2n) is 5.54. The number of amides is 1. The second-order valence-corrected chi connectivity index (χ2v) is 5.54. The number of carboxylic acid groups (broad SMARTS) is 1. The lowest BCUT2D eigenvalue weighted by Gasteiger charge is -2.25. The molecule has 5 heteroatoms. The molecule has 2 aliphatic rings. The first-order chi connectivity index (χ1) is 7.29. The highest BCUT2D eigenvalue weighted by molar-refractivity contribution is 5.76. The Balaban J connectivity index is 1.98. The fourth-order valence-corrected chi connectivity index (χ4v) is 2.27. The van der Waals surface area contributed by atoms with Crippen molar-refractivity contribution in [3.63, 3.8) is 0 Å². The summed E-state index contributed by atoms with van der Waals surface area (Å²) >= 11 is 0. The maximum Gasteiger partial charge on any atom is 0.410 e. The van der Waals surface area contributed by atoms with Gasteiger partial charge in [-0.25, -0.2) is 4.79 Å². The number of carbonyl (C=O) groups excluding carboxylic acids is 1. The molecule has 1 aliphatic heterocycles. The summed E-state index contributed by atoms with van der Waals surface area (Å²) in [5, 5.41) is 8.96. The lowest BCUT2D eigenvalue weighted by molar-refractivity contribution is -0.142. The Kier molecular flexibility index (Phi) is 2.36.